The highest BCUT2D eigenvalue weighted by Gasteiger charge is 2.44. The van der Waals surface area contributed by atoms with Crippen LogP contribution in [0.25, 0.3) is 0 Å². The Hall–Kier alpha value is -3.20. The number of imide groups is 2. The first-order valence-electron chi connectivity index (χ1n) is 16.6. The fraction of sp³-hybridized carbons (Fsp3) is 0.529. The molecule has 2 saturated carbocycles. The maximum absolute atomic E-state index is 14.7. The number of amides is 6. The maximum atomic E-state index is 14.7. The zero-order valence-corrected chi connectivity index (χ0v) is 31.7. The standard InChI is InChI=1S/C34H44Cl2N4O8S2/c1-37-33(43)39(31(41)25(17-21-9-5-6-10-21)23-13-15-29(27(35)19-23)49(3,45)46)40(34(44)38-2)32(42)26(18-22-11-7-8-12-22)24-14-16-30(28(36)20-24)50(4,47)48/h13-16,19-22,25-26H,5-12,17-18H2,1-4H3,(H,37,43)(H,38,44)/t25-,26?/m1/s1. The van der Waals surface area contributed by atoms with Gasteiger partial charge in [-0.2, -0.15) is 10.0 Å². The molecule has 2 aromatic rings. The van der Waals surface area contributed by atoms with Crippen molar-refractivity contribution in [3.05, 3.63) is 57.6 Å². The van der Waals surface area contributed by atoms with E-state index in [1.165, 1.54) is 50.5 Å². The molecule has 0 radical (unpaired) electrons. The minimum Gasteiger partial charge on any atom is -0.339 e. The lowest BCUT2D eigenvalue weighted by molar-refractivity contribution is -0.153. The molecule has 4 rings (SSSR count). The molecule has 2 fully saturated rings. The molecule has 6 amide bonds. The van der Waals surface area contributed by atoms with Gasteiger partial charge in [0.2, 0.25) is 0 Å². The predicted octanol–water partition coefficient (Wildman–Crippen LogP) is 6.08. The summed E-state index contributed by atoms with van der Waals surface area (Å²) >= 11 is 12.8. The third-order valence-electron chi connectivity index (χ3n) is 9.63. The predicted molar refractivity (Wildman–Crippen MR) is 190 cm³/mol. The topological polar surface area (TPSA) is 167 Å². The Balaban J connectivity index is 1.85. The van der Waals surface area contributed by atoms with E-state index < -0.39 is 55.4 Å². The second kappa shape index (κ2) is 16.4. The van der Waals surface area contributed by atoms with E-state index >= 15 is 0 Å². The zero-order valence-electron chi connectivity index (χ0n) is 28.6. The lowest BCUT2D eigenvalue weighted by atomic mass is 9.86. The number of halogens is 2. The average Bonchev–Trinajstić information content (AvgIpc) is 3.77. The number of carbonyl (C=O) groups is 4. The minimum absolute atomic E-state index is 0.0821. The van der Waals surface area contributed by atoms with Crippen LogP contribution in [0, 0.1) is 11.8 Å². The molecule has 2 atom stereocenters. The van der Waals surface area contributed by atoms with Gasteiger partial charge in [-0.3, -0.25) is 9.59 Å². The van der Waals surface area contributed by atoms with E-state index in [1.807, 2.05) is 0 Å². The molecule has 0 aromatic heterocycles. The van der Waals surface area contributed by atoms with Gasteiger partial charge in [-0.05, 0) is 60.1 Å². The lowest BCUT2D eigenvalue weighted by Crippen LogP contribution is -2.61. The largest absolute Gasteiger partial charge is 0.343 e. The van der Waals surface area contributed by atoms with Crippen LogP contribution < -0.4 is 10.6 Å². The maximum Gasteiger partial charge on any atom is 0.343 e. The number of nitrogens with zero attached hydrogens (tertiary/aromatic N) is 2. The van der Waals surface area contributed by atoms with Crippen molar-refractivity contribution >= 4 is 66.8 Å². The summed E-state index contributed by atoms with van der Waals surface area (Å²) in [5.74, 6) is -3.78. The molecule has 274 valence electrons. The van der Waals surface area contributed by atoms with Crippen LogP contribution in [0.2, 0.25) is 10.0 Å². The quantitative estimate of drug-likeness (QED) is 0.274. The van der Waals surface area contributed by atoms with Gasteiger partial charge in [0.1, 0.15) is 0 Å². The van der Waals surface area contributed by atoms with Crippen LogP contribution in [0.1, 0.15) is 87.2 Å². The van der Waals surface area contributed by atoms with Gasteiger partial charge in [0.05, 0.1) is 31.7 Å². The number of hydrogen-bond donors (Lipinski definition) is 2. The summed E-state index contributed by atoms with van der Waals surface area (Å²) in [7, 11) is -4.86. The Morgan fingerprint density at radius 3 is 1.24 bits per heavy atom. The average molecular weight is 772 g/mol. The van der Waals surface area contributed by atoms with E-state index in [0.717, 1.165) is 63.9 Å². The number of hydrazine groups is 1. The summed E-state index contributed by atoms with van der Waals surface area (Å²) in [5.41, 5.74) is 0.645. The minimum atomic E-state index is -3.69. The highest BCUT2D eigenvalue weighted by molar-refractivity contribution is 7.91. The number of rotatable bonds is 10. The molecule has 12 nitrogen and oxygen atoms in total. The fourth-order valence-electron chi connectivity index (χ4n) is 7.07. The lowest BCUT2D eigenvalue weighted by Gasteiger charge is -2.36. The van der Waals surface area contributed by atoms with Crippen molar-refractivity contribution in [1.82, 2.24) is 20.7 Å². The third-order valence-corrected chi connectivity index (χ3v) is 12.8. The van der Waals surface area contributed by atoms with Crippen molar-refractivity contribution in [3.8, 4) is 0 Å². The summed E-state index contributed by atoms with van der Waals surface area (Å²) in [6, 6.07) is 6.17. The van der Waals surface area contributed by atoms with E-state index in [-0.39, 0.29) is 44.5 Å². The Morgan fingerprint density at radius 1 is 0.660 bits per heavy atom. The number of urea groups is 2. The van der Waals surface area contributed by atoms with E-state index in [1.54, 1.807) is 0 Å². The van der Waals surface area contributed by atoms with Gasteiger partial charge < -0.3 is 10.6 Å². The van der Waals surface area contributed by atoms with Gasteiger partial charge in [-0.1, -0.05) is 86.7 Å². The Kier molecular flexibility index (Phi) is 13.0. The van der Waals surface area contributed by atoms with Crippen LogP contribution >= 0.6 is 23.2 Å². The van der Waals surface area contributed by atoms with Crippen molar-refractivity contribution in [2.45, 2.75) is 85.8 Å². The summed E-state index contributed by atoms with van der Waals surface area (Å²) in [5, 5.41) is 5.57. The highest BCUT2D eigenvalue weighted by Crippen LogP contribution is 2.40. The molecular formula is C34H44Cl2N4O8S2. The molecule has 2 aromatic carbocycles. The third kappa shape index (κ3) is 9.17. The van der Waals surface area contributed by atoms with Gasteiger partial charge in [0.15, 0.2) is 19.7 Å². The van der Waals surface area contributed by atoms with Gasteiger partial charge in [0, 0.05) is 26.6 Å². The second-order valence-corrected chi connectivity index (χ2v) is 18.0. The zero-order chi connectivity index (χ0) is 37.0. The van der Waals surface area contributed by atoms with E-state index in [4.69, 9.17) is 23.2 Å². The number of nitrogens with one attached hydrogen (secondary N) is 2. The number of hydrogen-bond acceptors (Lipinski definition) is 8. The molecule has 0 bridgehead atoms. The van der Waals surface area contributed by atoms with Gasteiger partial charge >= 0.3 is 12.1 Å². The van der Waals surface area contributed by atoms with E-state index in [2.05, 4.69) is 10.6 Å². The molecule has 2 N–H and O–H groups in total. The monoisotopic (exact) mass is 770 g/mol. The van der Waals surface area contributed by atoms with Crippen LogP contribution in [0.3, 0.4) is 0 Å². The molecule has 0 spiro atoms. The first-order valence-corrected chi connectivity index (χ1v) is 21.1. The van der Waals surface area contributed by atoms with Gasteiger partial charge in [-0.25, -0.2) is 26.4 Å². The van der Waals surface area contributed by atoms with Crippen LogP contribution in [-0.4, -0.2) is 77.3 Å². The van der Waals surface area contributed by atoms with Crippen molar-refractivity contribution in [2.24, 2.45) is 11.8 Å². The van der Waals surface area contributed by atoms with Crippen molar-refractivity contribution < 1.29 is 36.0 Å². The molecule has 0 heterocycles. The highest BCUT2D eigenvalue weighted by atomic mass is 35.5. The second-order valence-electron chi connectivity index (χ2n) is 13.2. The summed E-state index contributed by atoms with van der Waals surface area (Å²) < 4.78 is 49.2. The number of benzene rings is 2. The van der Waals surface area contributed by atoms with E-state index in [9.17, 15) is 36.0 Å². The number of carbonyl (C=O) groups excluding carboxylic acids is 4. The normalized spacial score (nSPS) is 16.8. The van der Waals surface area contributed by atoms with Crippen LogP contribution in [0.4, 0.5) is 9.59 Å². The molecule has 50 heavy (non-hydrogen) atoms. The molecule has 16 heteroatoms. The summed E-state index contributed by atoms with van der Waals surface area (Å²) in [6.45, 7) is 0. The van der Waals surface area contributed by atoms with E-state index in [0.29, 0.717) is 21.1 Å². The van der Waals surface area contributed by atoms with Gasteiger partial charge in [-0.15, -0.1) is 0 Å². The fourth-order valence-corrected chi connectivity index (χ4v) is 9.75. The van der Waals surface area contributed by atoms with Crippen molar-refractivity contribution in [1.29, 1.82) is 0 Å². The van der Waals surface area contributed by atoms with Crippen LogP contribution in [0.15, 0.2) is 46.2 Å². The molecule has 0 aliphatic heterocycles. The van der Waals surface area contributed by atoms with Crippen LogP contribution in [-0.2, 0) is 29.3 Å². The smallest absolute Gasteiger partial charge is 0.339 e. The first kappa shape index (κ1) is 39.6. The van der Waals surface area contributed by atoms with Crippen molar-refractivity contribution in [3.63, 3.8) is 0 Å². The Morgan fingerprint density at radius 2 is 0.980 bits per heavy atom. The molecule has 1 unspecified atom stereocenters. The molecule has 2 aliphatic rings. The molecule has 0 saturated heterocycles. The SMILES string of the molecule is CNC(=O)N(C(=O)C(CC1CCCC1)c1ccc(S(C)(=O)=O)c(Cl)c1)N(C(=O)NC)C(=O)[C@H](CC1CCCC1)c1ccc(S(C)(=O)=O)c(Cl)c1. The number of sulfone groups is 2. The Bertz CT molecular complexity index is 1710. The molecular weight excluding hydrogens is 727 g/mol. The first-order chi connectivity index (χ1) is 23.5. The Labute approximate surface area is 304 Å². The summed E-state index contributed by atoms with van der Waals surface area (Å²) in [6.07, 6.45) is 9.63. The van der Waals surface area contributed by atoms with Crippen LogP contribution in [0.5, 0.6) is 0 Å². The van der Waals surface area contributed by atoms with Gasteiger partial charge in [0.25, 0.3) is 11.8 Å². The molecule has 2 aliphatic carbocycles. The van der Waals surface area contributed by atoms with Crippen molar-refractivity contribution in [2.75, 3.05) is 26.6 Å². The summed E-state index contributed by atoms with van der Waals surface area (Å²) in [4.78, 5) is 56.6.